The van der Waals surface area contributed by atoms with Gasteiger partial charge in [0.25, 0.3) is 0 Å². The lowest BCUT2D eigenvalue weighted by atomic mass is 10.2. The van der Waals surface area contributed by atoms with E-state index >= 15 is 0 Å². The molecule has 1 N–H and O–H groups in total. The van der Waals surface area contributed by atoms with Gasteiger partial charge in [-0.1, -0.05) is 46.3 Å². The maximum Gasteiger partial charge on any atom is 0.243 e. The first kappa shape index (κ1) is 17.7. The third-order valence-electron chi connectivity index (χ3n) is 3.25. The van der Waals surface area contributed by atoms with Gasteiger partial charge < -0.3 is 5.32 Å². The number of nitrogens with zero attached hydrogens (tertiary/aromatic N) is 1. The van der Waals surface area contributed by atoms with E-state index in [-0.39, 0.29) is 23.9 Å². The molecule has 0 radical (unpaired) electrons. The van der Waals surface area contributed by atoms with Crippen molar-refractivity contribution in [3.8, 4) is 0 Å². The van der Waals surface area contributed by atoms with Crippen LogP contribution in [0.25, 0.3) is 0 Å². The predicted octanol–water partition coefficient (Wildman–Crippen LogP) is 2.39. The van der Waals surface area contributed by atoms with Crippen LogP contribution >= 0.6 is 15.9 Å². The molecule has 2 aromatic rings. The summed E-state index contributed by atoms with van der Waals surface area (Å²) in [5.41, 5.74) is 0.802. The zero-order valence-electron chi connectivity index (χ0n) is 12.6. The standard InChI is InChI=1S/C16H17BrN2O3S/c1-18-16(20)12-19(11-13-7-9-14(17)10-8-13)23(21,22)15-5-3-2-4-6-15/h2-10H,11-12H2,1H3,(H,18,20). The van der Waals surface area contributed by atoms with Gasteiger partial charge in [0.2, 0.25) is 15.9 Å². The van der Waals surface area contributed by atoms with E-state index < -0.39 is 10.0 Å². The van der Waals surface area contributed by atoms with E-state index in [1.165, 1.54) is 23.5 Å². The van der Waals surface area contributed by atoms with Gasteiger partial charge in [0, 0.05) is 18.1 Å². The molecular weight excluding hydrogens is 380 g/mol. The number of sulfonamides is 1. The average Bonchev–Trinajstić information content (AvgIpc) is 2.56. The number of rotatable bonds is 6. The number of hydrogen-bond acceptors (Lipinski definition) is 3. The van der Waals surface area contributed by atoms with Crippen molar-refractivity contribution < 1.29 is 13.2 Å². The van der Waals surface area contributed by atoms with Gasteiger partial charge in [-0.25, -0.2) is 8.42 Å². The number of benzene rings is 2. The molecule has 0 aliphatic carbocycles. The fraction of sp³-hybridized carbons (Fsp3) is 0.188. The molecular formula is C16H17BrN2O3S. The van der Waals surface area contributed by atoms with Crippen molar-refractivity contribution in [2.75, 3.05) is 13.6 Å². The first-order valence-electron chi connectivity index (χ1n) is 6.93. The molecule has 1 amide bonds. The van der Waals surface area contributed by atoms with Crippen LogP contribution in [0.1, 0.15) is 5.56 Å². The lowest BCUT2D eigenvalue weighted by molar-refractivity contribution is -0.120. The van der Waals surface area contributed by atoms with Gasteiger partial charge in [0.15, 0.2) is 0 Å². The number of likely N-dealkylation sites (N-methyl/N-ethyl adjacent to an activating group) is 1. The highest BCUT2D eigenvalue weighted by Crippen LogP contribution is 2.19. The normalized spacial score (nSPS) is 11.4. The van der Waals surface area contributed by atoms with Crippen LogP contribution in [0.5, 0.6) is 0 Å². The van der Waals surface area contributed by atoms with Gasteiger partial charge in [-0.15, -0.1) is 0 Å². The Morgan fingerprint density at radius 1 is 1.09 bits per heavy atom. The van der Waals surface area contributed by atoms with E-state index in [1.54, 1.807) is 18.2 Å². The van der Waals surface area contributed by atoms with Crippen LogP contribution in [-0.2, 0) is 21.4 Å². The zero-order chi connectivity index (χ0) is 16.9. The first-order valence-corrected chi connectivity index (χ1v) is 9.17. The molecule has 0 atom stereocenters. The average molecular weight is 397 g/mol. The number of amides is 1. The van der Waals surface area contributed by atoms with E-state index in [1.807, 2.05) is 24.3 Å². The van der Waals surface area contributed by atoms with Crippen LogP contribution in [0.3, 0.4) is 0 Å². The fourth-order valence-corrected chi connectivity index (χ4v) is 3.67. The summed E-state index contributed by atoms with van der Waals surface area (Å²) in [7, 11) is -2.27. The van der Waals surface area contributed by atoms with Gasteiger partial charge in [0.1, 0.15) is 0 Å². The summed E-state index contributed by atoms with van der Waals surface area (Å²) in [6.45, 7) is -0.109. The van der Waals surface area contributed by atoms with Gasteiger partial charge in [-0.2, -0.15) is 4.31 Å². The Morgan fingerprint density at radius 3 is 2.26 bits per heavy atom. The van der Waals surface area contributed by atoms with Crippen LogP contribution < -0.4 is 5.32 Å². The lowest BCUT2D eigenvalue weighted by Gasteiger charge is -2.21. The minimum absolute atomic E-state index is 0.123. The molecule has 0 saturated carbocycles. The Bertz CT molecular complexity index is 762. The Labute approximate surface area is 144 Å². The molecule has 0 aromatic heterocycles. The summed E-state index contributed by atoms with van der Waals surface area (Å²) in [6, 6.07) is 15.4. The van der Waals surface area contributed by atoms with Gasteiger partial charge in [-0.3, -0.25) is 4.79 Å². The molecule has 2 rings (SSSR count). The smallest absolute Gasteiger partial charge is 0.243 e. The Balaban J connectivity index is 2.33. The molecule has 0 spiro atoms. The van der Waals surface area contributed by atoms with Gasteiger partial charge in [-0.05, 0) is 29.8 Å². The second-order valence-corrected chi connectivity index (χ2v) is 7.74. The molecule has 7 heteroatoms. The van der Waals surface area contributed by atoms with Crippen molar-refractivity contribution >= 4 is 31.9 Å². The fourth-order valence-electron chi connectivity index (χ4n) is 2.00. The van der Waals surface area contributed by atoms with Crippen LogP contribution in [0.4, 0.5) is 0 Å². The summed E-state index contributed by atoms with van der Waals surface area (Å²) < 4.78 is 27.7. The van der Waals surface area contributed by atoms with Crippen molar-refractivity contribution in [2.24, 2.45) is 0 Å². The largest absolute Gasteiger partial charge is 0.358 e. The van der Waals surface area contributed by atoms with Crippen LogP contribution in [-0.4, -0.2) is 32.2 Å². The Kier molecular flexibility index (Phi) is 5.92. The zero-order valence-corrected chi connectivity index (χ0v) is 15.0. The molecule has 0 fully saturated rings. The highest BCUT2D eigenvalue weighted by Gasteiger charge is 2.26. The van der Waals surface area contributed by atoms with Crippen molar-refractivity contribution in [1.82, 2.24) is 9.62 Å². The third-order valence-corrected chi connectivity index (χ3v) is 5.59. The van der Waals surface area contributed by atoms with Crippen LogP contribution in [0, 0.1) is 0 Å². The van der Waals surface area contributed by atoms with E-state index in [9.17, 15) is 13.2 Å². The topological polar surface area (TPSA) is 66.5 Å². The lowest BCUT2D eigenvalue weighted by Crippen LogP contribution is -2.39. The number of carbonyl (C=O) groups excluding carboxylic acids is 1. The molecule has 0 heterocycles. The minimum atomic E-state index is -3.75. The van der Waals surface area contributed by atoms with Gasteiger partial charge >= 0.3 is 0 Å². The van der Waals surface area contributed by atoms with E-state index in [4.69, 9.17) is 0 Å². The number of hydrogen-bond donors (Lipinski definition) is 1. The van der Waals surface area contributed by atoms with Crippen molar-refractivity contribution in [2.45, 2.75) is 11.4 Å². The van der Waals surface area contributed by atoms with Gasteiger partial charge in [0.05, 0.1) is 11.4 Å². The first-order chi connectivity index (χ1) is 10.9. The summed E-state index contributed by atoms with van der Waals surface area (Å²) in [6.07, 6.45) is 0. The molecule has 5 nitrogen and oxygen atoms in total. The quantitative estimate of drug-likeness (QED) is 0.814. The molecule has 0 bridgehead atoms. The Hall–Kier alpha value is -1.70. The summed E-state index contributed by atoms with van der Waals surface area (Å²) >= 11 is 3.34. The van der Waals surface area contributed by atoms with Crippen molar-refractivity contribution in [1.29, 1.82) is 0 Å². The highest BCUT2D eigenvalue weighted by molar-refractivity contribution is 9.10. The SMILES string of the molecule is CNC(=O)CN(Cc1ccc(Br)cc1)S(=O)(=O)c1ccccc1. The van der Waals surface area contributed by atoms with Crippen molar-refractivity contribution in [3.05, 3.63) is 64.6 Å². The van der Waals surface area contributed by atoms with E-state index in [0.717, 1.165) is 10.0 Å². The second-order valence-electron chi connectivity index (χ2n) is 4.89. The Morgan fingerprint density at radius 2 is 1.70 bits per heavy atom. The second kappa shape index (κ2) is 7.72. The molecule has 0 aliphatic heterocycles. The summed E-state index contributed by atoms with van der Waals surface area (Å²) in [5.74, 6) is -0.360. The predicted molar refractivity (Wildman–Crippen MR) is 92.2 cm³/mol. The monoisotopic (exact) mass is 396 g/mol. The van der Waals surface area contributed by atoms with E-state index in [2.05, 4.69) is 21.2 Å². The number of carbonyl (C=O) groups is 1. The number of nitrogens with one attached hydrogen (secondary N) is 1. The van der Waals surface area contributed by atoms with E-state index in [0.29, 0.717) is 0 Å². The molecule has 23 heavy (non-hydrogen) atoms. The van der Waals surface area contributed by atoms with Crippen LogP contribution in [0.15, 0.2) is 64.0 Å². The molecule has 2 aromatic carbocycles. The summed E-state index contributed by atoms with van der Waals surface area (Å²) in [4.78, 5) is 11.9. The summed E-state index contributed by atoms with van der Waals surface area (Å²) in [5, 5.41) is 2.46. The highest BCUT2D eigenvalue weighted by atomic mass is 79.9. The minimum Gasteiger partial charge on any atom is -0.358 e. The van der Waals surface area contributed by atoms with Crippen LogP contribution in [0.2, 0.25) is 0 Å². The maximum absolute atomic E-state index is 12.8. The maximum atomic E-state index is 12.8. The number of halogens is 1. The molecule has 122 valence electrons. The van der Waals surface area contributed by atoms with Crippen molar-refractivity contribution in [3.63, 3.8) is 0 Å². The third kappa shape index (κ3) is 4.63. The molecule has 0 saturated heterocycles. The molecule has 0 aliphatic rings. The molecule has 0 unspecified atom stereocenters.